The molecule has 0 aliphatic rings. The van der Waals surface area contributed by atoms with Crippen LogP contribution in [-0.2, 0) is 9.47 Å². The average molecular weight is 652 g/mol. The molecule has 0 atom stereocenters. The first-order chi connectivity index (χ1) is 19.0. The van der Waals surface area contributed by atoms with Gasteiger partial charge in [-0.2, -0.15) is 0 Å². The maximum atomic E-state index is 11.4. The summed E-state index contributed by atoms with van der Waals surface area (Å²) in [5.74, 6) is -1.11. The molecule has 0 aliphatic carbocycles. The quantitative estimate of drug-likeness (QED) is 0.186. The van der Waals surface area contributed by atoms with Crippen molar-refractivity contribution in [1.82, 2.24) is 19.9 Å². The molecular weight excluding hydrogens is 630 g/mol. The third kappa shape index (κ3) is 9.74. The highest BCUT2D eigenvalue weighted by atomic mass is 79.9. The summed E-state index contributed by atoms with van der Waals surface area (Å²) < 4.78 is 9.46. The van der Waals surface area contributed by atoms with Crippen LogP contribution in [0.1, 0.15) is 21.0 Å². The lowest BCUT2D eigenvalue weighted by molar-refractivity contribution is 0.0586. The number of rotatable bonds is 4. The molecule has 0 saturated heterocycles. The molecule has 2 heterocycles. The molecule has 4 rings (SSSR count). The van der Waals surface area contributed by atoms with Crippen LogP contribution in [0.2, 0.25) is 10.0 Å². The number of methoxy groups -OCH3 is 2. The predicted octanol–water partition coefficient (Wildman–Crippen LogP) is 2.79. The summed E-state index contributed by atoms with van der Waals surface area (Å²) in [6, 6.07) is 13.4. The minimum Gasteiger partial charge on any atom is -0.464 e. The van der Waals surface area contributed by atoms with Crippen LogP contribution in [0, 0.1) is 0 Å². The second-order valence-electron chi connectivity index (χ2n) is 7.33. The van der Waals surface area contributed by atoms with Crippen molar-refractivity contribution < 1.29 is 29.1 Å². The Morgan fingerprint density at radius 1 is 0.800 bits per heavy atom. The number of halogens is 3. The van der Waals surface area contributed by atoms with Gasteiger partial charge < -0.3 is 31.0 Å². The van der Waals surface area contributed by atoms with Gasteiger partial charge in [-0.1, -0.05) is 47.5 Å². The van der Waals surface area contributed by atoms with Crippen LogP contribution in [0.3, 0.4) is 0 Å². The van der Waals surface area contributed by atoms with Gasteiger partial charge in [-0.15, -0.1) is 0 Å². The van der Waals surface area contributed by atoms with Crippen molar-refractivity contribution in [2.24, 2.45) is 0 Å². The molecule has 16 heteroatoms. The van der Waals surface area contributed by atoms with E-state index in [0.29, 0.717) is 25.8 Å². The van der Waals surface area contributed by atoms with Gasteiger partial charge in [0.2, 0.25) is 0 Å². The number of carbonyl (C=O) groups is 2. The van der Waals surface area contributed by atoms with Gasteiger partial charge in [-0.25, -0.2) is 29.5 Å². The highest BCUT2D eigenvalue weighted by molar-refractivity contribution is 9.10. The van der Waals surface area contributed by atoms with E-state index in [0.717, 1.165) is 5.56 Å². The summed E-state index contributed by atoms with van der Waals surface area (Å²) in [6.07, 6.45) is 2.90. The second kappa shape index (κ2) is 15.7. The van der Waals surface area contributed by atoms with Crippen LogP contribution < -0.4 is 16.9 Å². The second-order valence-corrected chi connectivity index (χ2v) is 9.02. The Hall–Kier alpha value is -3.82. The van der Waals surface area contributed by atoms with Crippen LogP contribution in [0.5, 0.6) is 0 Å². The first-order valence-electron chi connectivity index (χ1n) is 10.9. The molecule has 6 N–H and O–H groups in total. The zero-order valence-electron chi connectivity index (χ0n) is 21.0. The number of hydrogen-bond acceptors (Lipinski definition) is 12. The van der Waals surface area contributed by atoms with E-state index in [2.05, 4.69) is 45.3 Å². The number of esters is 2. The molecule has 0 fully saturated rings. The molecule has 208 valence electrons. The topological polar surface area (TPSA) is 197 Å². The molecule has 0 spiro atoms. The number of nitrogens with zero attached hydrogens (tertiary/aromatic N) is 4. The van der Waals surface area contributed by atoms with E-state index in [9.17, 15) is 9.59 Å². The number of aromatic nitrogens is 4. The first-order valence-corrected chi connectivity index (χ1v) is 12.5. The highest BCUT2D eigenvalue weighted by Crippen LogP contribution is 2.21. The molecule has 0 amide bonds. The van der Waals surface area contributed by atoms with Crippen LogP contribution in [0.15, 0.2) is 65.5 Å². The van der Waals surface area contributed by atoms with E-state index in [1.165, 1.54) is 26.6 Å². The van der Waals surface area contributed by atoms with Gasteiger partial charge in [0.15, 0.2) is 23.0 Å². The fraction of sp³-hybridized carbons (Fsp3) is 0.0833. The summed E-state index contributed by atoms with van der Waals surface area (Å²) in [5, 5.41) is 18.5. The van der Waals surface area contributed by atoms with Gasteiger partial charge in [-0.05, 0) is 45.7 Å². The highest BCUT2D eigenvalue weighted by Gasteiger charge is 2.15. The zero-order chi connectivity index (χ0) is 29.8. The molecule has 0 radical (unpaired) electrons. The Kier molecular flexibility index (Phi) is 12.7. The van der Waals surface area contributed by atoms with E-state index in [1.54, 1.807) is 48.5 Å². The molecule has 4 aromatic rings. The van der Waals surface area contributed by atoms with Gasteiger partial charge in [0.1, 0.15) is 4.60 Å². The lowest BCUT2D eigenvalue weighted by Gasteiger charge is -2.05. The maximum Gasteiger partial charge on any atom is 0.488 e. The van der Waals surface area contributed by atoms with Crippen molar-refractivity contribution in [1.29, 1.82) is 0 Å². The standard InChI is InChI=1S/C12H10ClN3O2.C6H6BClO2.C6H6BrN3O2/c1-18-12(17)10-11(14)15-6-9(16-10)7-2-4-8(13)5-3-7;8-6-3-1-5(2-4-6)7(9)10;1-12-6(11)4-5(8)9-2-3(7)10-4/h2-6H,1H3,(H2,14,15);1-4,9-10H;2H,1H3,(H2,8,9). The Labute approximate surface area is 247 Å². The smallest absolute Gasteiger partial charge is 0.464 e. The number of nitrogens with two attached hydrogens (primary N) is 2. The van der Waals surface area contributed by atoms with Crippen molar-refractivity contribution in [2.45, 2.75) is 0 Å². The van der Waals surface area contributed by atoms with Crippen LogP contribution in [0.25, 0.3) is 11.3 Å². The van der Waals surface area contributed by atoms with E-state index >= 15 is 0 Å². The molecule has 0 bridgehead atoms. The fourth-order valence-corrected chi connectivity index (χ4v) is 3.20. The zero-order valence-corrected chi connectivity index (χ0v) is 24.1. The van der Waals surface area contributed by atoms with Gasteiger partial charge in [0.05, 0.1) is 32.3 Å². The average Bonchev–Trinajstić information content (AvgIpc) is 2.95. The van der Waals surface area contributed by atoms with E-state index < -0.39 is 19.1 Å². The molecule has 2 aromatic carbocycles. The Morgan fingerprint density at radius 2 is 1.25 bits per heavy atom. The molecule has 2 aromatic heterocycles. The number of carbonyl (C=O) groups excluding carboxylic acids is 2. The summed E-state index contributed by atoms with van der Waals surface area (Å²) >= 11 is 14.4. The lowest BCUT2D eigenvalue weighted by Crippen LogP contribution is -2.29. The normalized spacial score (nSPS) is 9.78. The minimum atomic E-state index is -1.41. The number of anilines is 2. The van der Waals surface area contributed by atoms with Gasteiger partial charge >= 0.3 is 19.1 Å². The summed E-state index contributed by atoms with van der Waals surface area (Å²) in [7, 11) is 1.11. The number of benzene rings is 2. The number of nitrogen functional groups attached to an aromatic ring is 2. The lowest BCUT2D eigenvalue weighted by atomic mass is 9.81. The van der Waals surface area contributed by atoms with Crippen molar-refractivity contribution in [3.63, 3.8) is 0 Å². The molecule has 0 aliphatic heterocycles. The van der Waals surface area contributed by atoms with Gasteiger partial charge in [0, 0.05) is 15.6 Å². The van der Waals surface area contributed by atoms with Crippen molar-refractivity contribution in [2.75, 3.05) is 25.7 Å². The Bertz CT molecular complexity index is 1450. The van der Waals surface area contributed by atoms with Crippen LogP contribution in [-0.4, -0.2) is 63.3 Å². The Balaban J connectivity index is 0.000000222. The van der Waals surface area contributed by atoms with Crippen LogP contribution >= 0.6 is 39.1 Å². The third-order valence-electron chi connectivity index (χ3n) is 4.64. The summed E-state index contributed by atoms with van der Waals surface area (Å²) in [6.45, 7) is 0. The molecular formula is C24H22BBrCl2N6O6. The fourth-order valence-electron chi connectivity index (χ4n) is 2.66. The molecule has 40 heavy (non-hydrogen) atoms. The SMILES string of the molecule is COC(=O)c1nc(-c2ccc(Cl)cc2)cnc1N.COC(=O)c1nc(Br)cnc1N.OB(O)c1ccc(Cl)cc1. The number of hydrogen-bond donors (Lipinski definition) is 4. The van der Waals surface area contributed by atoms with Gasteiger partial charge in [0.25, 0.3) is 0 Å². The molecule has 0 saturated carbocycles. The largest absolute Gasteiger partial charge is 0.488 e. The first kappa shape index (κ1) is 32.4. The van der Waals surface area contributed by atoms with E-state index in [1.807, 2.05) is 0 Å². The van der Waals surface area contributed by atoms with Gasteiger partial charge in [-0.3, -0.25) is 0 Å². The Morgan fingerprint density at radius 3 is 1.73 bits per heavy atom. The van der Waals surface area contributed by atoms with Crippen LogP contribution in [0.4, 0.5) is 11.6 Å². The van der Waals surface area contributed by atoms with Crippen molar-refractivity contribution in [3.05, 3.63) is 87.0 Å². The van der Waals surface area contributed by atoms with Crippen molar-refractivity contribution >= 4 is 75.3 Å². The van der Waals surface area contributed by atoms with E-state index in [-0.39, 0.29) is 23.0 Å². The number of ether oxygens (including phenoxy) is 2. The minimum absolute atomic E-state index is 0.00458. The summed E-state index contributed by atoms with van der Waals surface area (Å²) in [4.78, 5) is 38.0. The molecule has 0 unspecified atom stereocenters. The van der Waals surface area contributed by atoms with E-state index in [4.69, 9.17) is 44.7 Å². The monoisotopic (exact) mass is 650 g/mol. The predicted molar refractivity (Wildman–Crippen MR) is 155 cm³/mol. The maximum absolute atomic E-state index is 11.4. The molecule has 12 nitrogen and oxygen atoms in total. The van der Waals surface area contributed by atoms with Crippen molar-refractivity contribution in [3.8, 4) is 11.3 Å². The third-order valence-corrected chi connectivity index (χ3v) is 5.52. The summed E-state index contributed by atoms with van der Waals surface area (Å²) in [5.41, 5.74) is 12.7.